The van der Waals surface area contributed by atoms with Crippen molar-refractivity contribution in [2.45, 2.75) is 41.4 Å². The number of epoxide rings is 1. The van der Waals surface area contributed by atoms with E-state index in [4.69, 9.17) is 10.3 Å². The second kappa shape index (κ2) is 8.00. The fourth-order valence-corrected chi connectivity index (χ4v) is 7.92. The van der Waals surface area contributed by atoms with Gasteiger partial charge in [-0.2, -0.15) is 0 Å². The molecule has 2 aliphatic carbocycles. The summed E-state index contributed by atoms with van der Waals surface area (Å²) in [5, 5.41) is 5.04. The van der Waals surface area contributed by atoms with Gasteiger partial charge in [0, 0.05) is 28.3 Å². The fraction of sp³-hybridized carbons (Fsp3) is 0.409. The number of rotatable bonds is 5. The molecule has 178 valence electrons. The lowest BCUT2D eigenvalue weighted by atomic mass is 9.81. The Bertz CT molecular complexity index is 1320. The number of azide groups is 1. The van der Waals surface area contributed by atoms with E-state index in [2.05, 4.69) is 15.3 Å². The second-order valence-corrected chi connectivity index (χ2v) is 11.1. The van der Waals surface area contributed by atoms with Crippen LogP contribution in [0.25, 0.3) is 10.4 Å². The van der Waals surface area contributed by atoms with Crippen LogP contribution in [0.15, 0.2) is 40.3 Å². The molecular weight excluding hydrogens is 473 g/mol. The van der Waals surface area contributed by atoms with Crippen molar-refractivity contribution in [3.8, 4) is 0 Å². The minimum Gasteiger partial charge on any atom is -0.370 e. The average molecular weight is 492 g/mol. The Hall–Kier alpha value is -3.08. The topological polar surface area (TPSA) is 125 Å². The van der Waals surface area contributed by atoms with Gasteiger partial charge in [0.25, 0.3) is 5.91 Å². The van der Waals surface area contributed by atoms with Crippen molar-refractivity contribution in [1.29, 1.82) is 0 Å². The number of benzene rings is 2. The van der Waals surface area contributed by atoms with E-state index in [1.54, 1.807) is 0 Å². The minimum atomic E-state index is -3.99. The molecule has 1 saturated heterocycles. The van der Waals surface area contributed by atoms with E-state index >= 15 is 0 Å². The van der Waals surface area contributed by atoms with Gasteiger partial charge in [0.2, 0.25) is 0 Å². The van der Waals surface area contributed by atoms with Crippen molar-refractivity contribution in [3.05, 3.63) is 63.8 Å². The Morgan fingerprint density at radius 2 is 1.74 bits per heavy atom. The maximum Gasteiger partial charge on any atom is 0.255 e. The molecule has 3 unspecified atom stereocenters. The molecule has 2 aromatic rings. The number of nitrogens with one attached hydrogen (secondary N) is 1. The number of anilines is 1. The molecule has 3 aliphatic rings. The number of carbonyl (C=O) groups excluding carboxylic acids is 1. The summed E-state index contributed by atoms with van der Waals surface area (Å²) in [6, 6.07) is 4.76. The van der Waals surface area contributed by atoms with Crippen LogP contribution >= 0.6 is 0 Å². The zero-order valence-corrected chi connectivity index (χ0v) is 18.5. The standard InChI is InChI=1S/C22H19F3N4O4S/c23-15-6-14(7-16(24)19(15)25)27-21(30)11-3-4-17(28-29-26)18(5-11)34(31,32)20-12-1-2-13(20)9-22(8-12)10-33-22/h3-7,12-13,20H,1-2,8-10H2,(H,27,30)/t12-,13?,20?,22?/m0/s1. The zero-order chi connectivity index (χ0) is 24.3. The van der Waals surface area contributed by atoms with Crippen LogP contribution in [0.4, 0.5) is 24.5 Å². The molecule has 1 amide bonds. The first-order valence-corrected chi connectivity index (χ1v) is 12.2. The smallest absolute Gasteiger partial charge is 0.255 e. The highest BCUT2D eigenvalue weighted by Gasteiger charge is 2.60. The van der Waals surface area contributed by atoms with Crippen molar-refractivity contribution < 1.29 is 31.1 Å². The number of hydrogen-bond donors (Lipinski definition) is 1. The molecule has 0 radical (unpaired) electrons. The largest absolute Gasteiger partial charge is 0.370 e. The summed E-state index contributed by atoms with van der Waals surface area (Å²) in [6.07, 6.45) is 2.79. The van der Waals surface area contributed by atoms with Crippen LogP contribution in [0.2, 0.25) is 0 Å². The van der Waals surface area contributed by atoms with Gasteiger partial charge in [-0.05, 0) is 55.2 Å². The van der Waals surface area contributed by atoms with Gasteiger partial charge >= 0.3 is 0 Å². The third-order valence-electron chi connectivity index (χ3n) is 6.94. The summed E-state index contributed by atoms with van der Waals surface area (Å²) in [6.45, 7) is 0.636. The molecular formula is C22H19F3N4O4S. The molecule has 5 rings (SSSR count). The van der Waals surface area contributed by atoms with E-state index in [0.717, 1.165) is 18.9 Å². The maximum atomic E-state index is 13.7. The Morgan fingerprint density at radius 1 is 1.12 bits per heavy atom. The van der Waals surface area contributed by atoms with Gasteiger partial charge in [0.05, 0.1) is 28.0 Å². The number of hydrogen-bond acceptors (Lipinski definition) is 5. The predicted molar refractivity (Wildman–Crippen MR) is 115 cm³/mol. The molecule has 3 fully saturated rings. The third kappa shape index (κ3) is 3.81. The van der Waals surface area contributed by atoms with Crippen molar-refractivity contribution in [1.82, 2.24) is 0 Å². The number of halogens is 3. The number of sulfone groups is 1. The Balaban J connectivity index is 1.49. The van der Waals surface area contributed by atoms with Gasteiger partial charge in [-0.25, -0.2) is 21.6 Å². The number of amides is 1. The molecule has 1 spiro atoms. The lowest BCUT2D eigenvalue weighted by Crippen LogP contribution is -2.40. The van der Waals surface area contributed by atoms with Gasteiger partial charge in [-0.3, -0.25) is 4.79 Å². The molecule has 1 N–H and O–H groups in total. The molecule has 0 aromatic heterocycles. The van der Waals surface area contributed by atoms with Crippen LogP contribution in [0, 0.1) is 29.3 Å². The summed E-state index contributed by atoms with van der Waals surface area (Å²) in [4.78, 5) is 15.1. The molecule has 1 heterocycles. The molecule has 2 bridgehead atoms. The van der Waals surface area contributed by atoms with Crippen molar-refractivity contribution in [2.75, 3.05) is 11.9 Å². The van der Waals surface area contributed by atoms with E-state index in [9.17, 15) is 26.4 Å². The zero-order valence-electron chi connectivity index (χ0n) is 17.7. The van der Waals surface area contributed by atoms with E-state index in [-0.39, 0.29) is 39.3 Å². The minimum absolute atomic E-state index is 0.104. The highest BCUT2D eigenvalue weighted by Crippen LogP contribution is 2.56. The Kier molecular flexibility index (Phi) is 5.34. The lowest BCUT2D eigenvalue weighted by molar-refractivity contribution is 0.102. The SMILES string of the molecule is [N-]=[N+]=Nc1ccc(C(=O)Nc2cc(F)c(F)c(F)c2)cc1S(=O)(=O)C1C2CC[C@H]1CC1(CO1)C2. The van der Waals surface area contributed by atoms with Crippen LogP contribution in [0.1, 0.15) is 36.0 Å². The van der Waals surface area contributed by atoms with E-state index < -0.39 is 38.4 Å². The molecule has 34 heavy (non-hydrogen) atoms. The van der Waals surface area contributed by atoms with Crippen LogP contribution in [-0.4, -0.2) is 31.8 Å². The monoisotopic (exact) mass is 492 g/mol. The van der Waals surface area contributed by atoms with Crippen molar-refractivity contribution >= 4 is 27.1 Å². The van der Waals surface area contributed by atoms with Crippen molar-refractivity contribution in [2.24, 2.45) is 17.0 Å². The number of fused-ring (bicyclic) bond motifs is 2. The van der Waals surface area contributed by atoms with Gasteiger partial charge < -0.3 is 10.1 Å². The number of carbonyl (C=O) groups is 1. The first-order valence-electron chi connectivity index (χ1n) is 10.7. The Labute approximate surface area is 192 Å². The third-order valence-corrected chi connectivity index (χ3v) is 9.37. The number of ether oxygens (including phenoxy) is 1. The predicted octanol–water partition coefficient (Wildman–Crippen LogP) is 5.03. The van der Waals surface area contributed by atoms with Crippen molar-refractivity contribution in [3.63, 3.8) is 0 Å². The summed E-state index contributed by atoms with van der Waals surface area (Å²) < 4.78 is 73.2. The second-order valence-electron chi connectivity index (χ2n) is 9.07. The fourth-order valence-electron chi connectivity index (χ4n) is 5.45. The van der Waals surface area contributed by atoms with E-state index in [1.165, 1.54) is 12.1 Å². The summed E-state index contributed by atoms with van der Waals surface area (Å²) >= 11 is 0. The maximum absolute atomic E-state index is 13.7. The molecule has 8 nitrogen and oxygen atoms in total. The molecule has 2 aromatic carbocycles. The molecule has 12 heteroatoms. The first kappa shape index (κ1) is 22.7. The highest BCUT2D eigenvalue weighted by molar-refractivity contribution is 7.92. The van der Waals surface area contributed by atoms with Gasteiger partial charge in [-0.15, -0.1) is 0 Å². The van der Waals surface area contributed by atoms with Crippen LogP contribution in [0.5, 0.6) is 0 Å². The lowest BCUT2D eigenvalue weighted by Gasteiger charge is -2.33. The van der Waals surface area contributed by atoms with Gasteiger partial charge in [0.1, 0.15) is 0 Å². The molecule has 1 aliphatic heterocycles. The molecule has 2 saturated carbocycles. The average Bonchev–Trinajstić information content (AvgIpc) is 3.46. The van der Waals surface area contributed by atoms with Gasteiger partial charge in [0.15, 0.2) is 27.3 Å². The summed E-state index contributed by atoms with van der Waals surface area (Å²) in [5.74, 6) is -5.72. The van der Waals surface area contributed by atoms with Gasteiger partial charge in [-0.1, -0.05) is 11.2 Å². The number of nitrogens with zero attached hydrogens (tertiary/aromatic N) is 3. The van der Waals surface area contributed by atoms with E-state index in [0.29, 0.717) is 31.6 Å². The molecule has 4 atom stereocenters. The van der Waals surface area contributed by atoms with Crippen LogP contribution in [-0.2, 0) is 14.6 Å². The van der Waals surface area contributed by atoms with Crippen LogP contribution < -0.4 is 5.32 Å². The Morgan fingerprint density at radius 3 is 2.29 bits per heavy atom. The normalized spacial score (nSPS) is 27.3. The summed E-state index contributed by atoms with van der Waals surface area (Å²) in [7, 11) is -3.99. The summed E-state index contributed by atoms with van der Waals surface area (Å²) in [5.41, 5.74) is 8.10. The van der Waals surface area contributed by atoms with Crippen LogP contribution in [0.3, 0.4) is 0 Å². The quantitative estimate of drug-likeness (QED) is 0.207. The highest BCUT2D eigenvalue weighted by atomic mass is 32.2. The van der Waals surface area contributed by atoms with E-state index in [1.807, 2.05) is 0 Å². The first-order chi connectivity index (χ1) is 16.1.